The summed E-state index contributed by atoms with van der Waals surface area (Å²) in [6, 6.07) is 91.1. The second-order valence-electron chi connectivity index (χ2n) is 31.6. The Morgan fingerprint density at radius 3 is 1.24 bits per heavy atom. The minimum Gasteiger partial charge on any atom is -0.354 e. The van der Waals surface area contributed by atoms with Gasteiger partial charge in [0.2, 0.25) is 23.6 Å². The smallest absolute Gasteiger partial charge is 0.251 e. The van der Waals surface area contributed by atoms with Gasteiger partial charge in [-0.1, -0.05) is 262 Å². The minimum absolute atomic E-state index is 0.00218. The average molecular weight is 1580 g/mol. The molecule has 118 heavy (non-hydrogen) atoms. The SMILES string of the molecule is NCCCC[C@@H]1N[C@H](CNC(=O)Cc2cccc3ccccc23)CCN(Cc2ccc3ccccc3c2)C1=O.NCCCC[C@@H]1N[C@H](CNC(=O)c2ccc3ccccc3c2)CCN(CC(c2ccccc2)c2ccccc2)C1=O.NCCCC[C@@H]1N[C@H](CNC(=O)c2cccc3ccccc23)CCN(Cc2ccc3ccccc3c2)C1=O. The van der Waals surface area contributed by atoms with Gasteiger partial charge in [0.25, 0.3) is 11.8 Å². The Labute approximate surface area is 694 Å². The third-order valence-corrected chi connectivity index (χ3v) is 23.2. The van der Waals surface area contributed by atoms with Crippen molar-refractivity contribution in [2.75, 3.05) is 65.4 Å². The number of amides is 6. The van der Waals surface area contributed by atoms with E-state index >= 15 is 0 Å². The van der Waals surface area contributed by atoms with Crippen LogP contribution in [-0.4, -0.2) is 152 Å². The van der Waals surface area contributed by atoms with Gasteiger partial charge in [-0.3, -0.25) is 28.8 Å². The maximum absolute atomic E-state index is 13.9. The summed E-state index contributed by atoms with van der Waals surface area (Å²) in [6.07, 6.45) is 10.2. The van der Waals surface area contributed by atoms with Crippen molar-refractivity contribution in [3.05, 3.63) is 312 Å². The van der Waals surface area contributed by atoms with Gasteiger partial charge in [-0.15, -0.1) is 0 Å². The molecule has 0 spiro atoms. The molecular formula is C100H114N12O6. The summed E-state index contributed by atoms with van der Waals surface area (Å²) >= 11 is 0. The maximum atomic E-state index is 13.9. The summed E-state index contributed by atoms with van der Waals surface area (Å²) in [5, 5.41) is 31.3. The number of unbranched alkanes of at least 4 members (excludes halogenated alkanes) is 3. The van der Waals surface area contributed by atoms with Crippen molar-refractivity contribution in [3.63, 3.8) is 0 Å². The van der Waals surface area contributed by atoms with E-state index in [0.29, 0.717) is 96.1 Å². The van der Waals surface area contributed by atoms with Gasteiger partial charge in [0.1, 0.15) is 0 Å². The van der Waals surface area contributed by atoms with Gasteiger partial charge in [-0.05, 0) is 189 Å². The van der Waals surface area contributed by atoms with Crippen LogP contribution in [0.25, 0.3) is 53.9 Å². The van der Waals surface area contributed by atoms with E-state index in [4.69, 9.17) is 17.2 Å². The monoisotopic (exact) mass is 1580 g/mol. The Bertz CT molecular complexity index is 5270. The van der Waals surface area contributed by atoms with E-state index in [1.165, 1.54) is 32.7 Å². The van der Waals surface area contributed by atoms with E-state index in [9.17, 15) is 28.8 Å². The Morgan fingerprint density at radius 1 is 0.364 bits per heavy atom. The van der Waals surface area contributed by atoms with Gasteiger partial charge < -0.3 is 63.8 Å². The molecule has 0 radical (unpaired) electrons. The summed E-state index contributed by atoms with van der Waals surface area (Å²) in [4.78, 5) is 86.2. The van der Waals surface area contributed by atoms with Crippen molar-refractivity contribution < 1.29 is 28.8 Å². The molecule has 12 aromatic carbocycles. The molecular weight excluding hydrogens is 1470 g/mol. The zero-order valence-electron chi connectivity index (χ0n) is 67.7. The molecule has 15 rings (SSSR count). The lowest BCUT2D eigenvalue weighted by atomic mass is 9.90. The van der Waals surface area contributed by atoms with Crippen LogP contribution in [0, 0.1) is 0 Å². The molecule has 3 heterocycles. The fraction of sp³-hybridized carbons (Fsp3) is 0.320. The largest absolute Gasteiger partial charge is 0.354 e. The normalized spacial score (nSPS) is 17.8. The Kier molecular flexibility index (Phi) is 30.8. The number of benzene rings is 12. The second kappa shape index (κ2) is 43.1. The van der Waals surface area contributed by atoms with E-state index in [-0.39, 0.29) is 77.6 Å². The number of carbonyl (C=O) groups is 6. The van der Waals surface area contributed by atoms with Crippen LogP contribution in [0.5, 0.6) is 0 Å². The molecule has 3 aliphatic rings. The first-order valence-electron chi connectivity index (χ1n) is 42.4. The van der Waals surface area contributed by atoms with Crippen LogP contribution in [0.15, 0.2) is 273 Å². The zero-order valence-corrected chi connectivity index (χ0v) is 67.7. The number of nitrogens with two attached hydrogens (primary N) is 3. The third kappa shape index (κ3) is 23.2. The van der Waals surface area contributed by atoms with Crippen molar-refractivity contribution >= 4 is 89.3 Å². The van der Waals surface area contributed by atoms with Crippen LogP contribution in [0.4, 0.5) is 0 Å². The summed E-state index contributed by atoms with van der Waals surface area (Å²) in [5.41, 5.74) is 24.2. The molecule has 12 N–H and O–H groups in total. The van der Waals surface area contributed by atoms with Gasteiger partial charge in [0, 0.05) is 94.1 Å². The summed E-state index contributed by atoms with van der Waals surface area (Å²) in [7, 11) is 0. The van der Waals surface area contributed by atoms with Crippen molar-refractivity contribution in [2.45, 2.75) is 139 Å². The highest BCUT2D eigenvalue weighted by atomic mass is 16.2. The van der Waals surface area contributed by atoms with E-state index in [1.807, 2.05) is 160 Å². The number of hydrogen-bond donors (Lipinski definition) is 9. The Hall–Kier alpha value is -11.5. The first-order valence-corrected chi connectivity index (χ1v) is 42.4. The fourth-order valence-corrected chi connectivity index (χ4v) is 16.7. The first-order chi connectivity index (χ1) is 57.8. The number of rotatable bonds is 30. The fourth-order valence-electron chi connectivity index (χ4n) is 16.7. The van der Waals surface area contributed by atoms with Gasteiger partial charge in [0.05, 0.1) is 24.5 Å². The number of hydrogen-bond acceptors (Lipinski definition) is 12. The van der Waals surface area contributed by atoms with Gasteiger partial charge in [0.15, 0.2) is 0 Å². The molecule has 3 aliphatic heterocycles. The molecule has 3 fully saturated rings. The van der Waals surface area contributed by atoms with E-state index in [1.54, 1.807) is 0 Å². The molecule has 6 amide bonds. The molecule has 0 unspecified atom stereocenters. The quantitative estimate of drug-likeness (QED) is 0.0190. The third-order valence-electron chi connectivity index (χ3n) is 23.2. The second-order valence-corrected chi connectivity index (χ2v) is 31.6. The maximum Gasteiger partial charge on any atom is 0.251 e. The van der Waals surface area contributed by atoms with Gasteiger partial charge in [-0.25, -0.2) is 0 Å². The number of fused-ring (bicyclic) bond motifs is 5. The minimum atomic E-state index is -0.307. The molecule has 0 bridgehead atoms. The standard InChI is InChI=1S/C35H40N4O2.C33H38N4O2.C32H36N4O2/c36-21-10-9-17-33-35(41)39(25-32(27-12-3-1-4-13-27)28-14-5-2-6-15-28)22-20-31(38-33)24-37-34(40)30-19-18-26-11-7-8-16-29(26)23-30;34-18-6-5-14-31-33(39)37(23-24-15-16-25-8-1-2-10-27(25)20-24)19-17-29(36-31)22-35-32(38)21-28-12-7-11-26-9-3-4-13-30(26)28;33-18-6-5-14-30-32(38)36(22-23-15-16-24-8-1-2-10-26(24)20-23)19-17-27(35-30)21-34-31(37)29-13-7-11-25-9-3-4-12-28(25)29/h1-8,11-16,18-19,23,31-33,38H,9-10,17,20-22,24-25,36H2,(H,37,40);1-4,7-13,15-16,20,29,31,36H,5-6,14,17-19,21-23,34H2,(H,35,38);1-4,7-13,15-16,20,27,30,35H,5-6,14,17-19,21-22,33H2,(H,34,37)/t31-,33-;29-,31-;27-,30-/m000/s1. The van der Waals surface area contributed by atoms with Crippen molar-refractivity contribution in [3.8, 4) is 0 Å². The molecule has 18 nitrogen and oxygen atoms in total. The lowest BCUT2D eigenvalue weighted by Gasteiger charge is -2.29. The molecule has 6 atom stereocenters. The Balaban J connectivity index is 0.000000154. The first kappa shape index (κ1) is 84.4. The highest BCUT2D eigenvalue weighted by molar-refractivity contribution is 6.07. The molecule has 12 aromatic rings. The molecule has 18 heteroatoms. The summed E-state index contributed by atoms with van der Waals surface area (Å²) in [5.74, 6) is 0.265. The average Bonchev–Trinajstić information content (AvgIpc) is 1.35. The van der Waals surface area contributed by atoms with E-state index in [0.717, 1.165) is 126 Å². The molecule has 0 saturated carbocycles. The highest BCUT2D eigenvalue weighted by Gasteiger charge is 2.35. The number of carbonyl (C=O) groups excluding carboxylic acids is 6. The lowest BCUT2D eigenvalue weighted by molar-refractivity contribution is -0.134. The van der Waals surface area contributed by atoms with Gasteiger partial charge >= 0.3 is 0 Å². The van der Waals surface area contributed by atoms with Crippen LogP contribution in [0.3, 0.4) is 0 Å². The van der Waals surface area contributed by atoms with Crippen molar-refractivity contribution in [1.82, 2.24) is 46.6 Å². The highest BCUT2D eigenvalue weighted by Crippen LogP contribution is 2.30. The van der Waals surface area contributed by atoms with Crippen LogP contribution in [-0.2, 0) is 38.7 Å². The van der Waals surface area contributed by atoms with Crippen molar-refractivity contribution in [2.24, 2.45) is 17.2 Å². The van der Waals surface area contributed by atoms with Crippen LogP contribution in [0.1, 0.15) is 132 Å². The van der Waals surface area contributed by atoms with Crippen LogP contribution < -0.4 is 49.1 Å². The van der Waals surface area contributed by atoms with E-state index < -0.39 is 0 Å². The van der Waals surface area contributed by atoms with E-state index in [2.05, 4.69) is 159 Å². The molecule has 0 aliphatic carbocycles. The molecule has 0 aromatic heterocycles. The molecule has 3 saturated heterocycles. The predicted octanol–water partition coefficient (Wildman–Crippen LogP) is 14.2. The van der Waals surface area contributed by atoms with Crippen molar-refractivity contribution in [1.29, 1.82) is 0 Å². The molecule has 610 valence electrons. The van der Waals surface area contributed by atoms with Crippen LogP contribution >= 0.6 is 0 Å². The van der Waals surface area contributed by atoms with Gasteiger partial charge in [-0.2, -0.15) is 0 Å². The summed E-state index contributed by atoms with van der Waals surface area (Å²) < 4.78 is 0. The zero-order chi connectivity index (χ0) is 81.8. The van der Waals surface area contributed by atoms with Crippen LogP contribution in [0.2, 0.25) is 0 Å². The Morgan fingerprint density at radius 2 is 0.746 bits per heavy atom. The number of nitrogens with zero attached hydrogens (tertiary/aromatic N) is 3. The summed E-state index contributed by atoms with van der Waals surface area (Å²) in [6.45, 7) is 6.95. The number of nitrogens with one attached hydrogen (secondary N) is 6. The predicted molar refractivity (Wildman–Crippen MR) is 478 cm³/mol. The topological polar surface area (TPSA) is 262 Å². The lowest BCUT2D eigenvalue weighted by Crippen LogP contribution is -2.49.